The van der Waals surface area contributed by atoms with Gasteiger partial charge in [0.05, 0.1) is 17.7 Å². The molecular formula is C16H17BrClNO. The van der Waals surface area contributed by atoms with Gasteiger partial charge >= 0.3 is 0 Å². The van der Waals surface area contributed by atoms with Gasteiger partial charge in [0, 0.05) is 4.47 Å². The number of halogens is 2. The Balaban J connectivity index is 2.29. The zero-order valence-electron chi connectivity index (χ0n) is 11.5. The molecule has 1 atom stereocenters. The van der Waals surface area contributed by atoms with Crippen LogP contribution in [0.2, 0.25) is 5.02 Å². The van der Waals surface area contributed by atoms with Crippen molar-refractivity contribution in [1.82, 2.24) is 5.32 Å². The standard InChI is InChI=1S/C16H17BrClNO/c1-3-20-13-7-4-11(5-8-13)16(19-2)12-6-9-15(18)14(17)10-12/h4-10,16,19H,3H2,1-2H3. The monoisotopic (exact) mass is 353 g/mol. The largest absolute Gasteiger partial charge is 0.494 e. The predicted molar refractivity (Wildman–Crippen MR) is 87.7 cm³/mol. The summed E-state index contributed by atoms with van der Waals surface area (Å²) < 4.78 is 6.37. The summed E-state index contributed by atoms with van der Waals surface area (Å²) >= 11 is 9.51. The highest BCUT2D eigenvalue weighted by molar-refractivity contribution is 9.10. The van der Waals surface area contributed by atoms with Crippen molar-refractivity contribution < 1.29 is 4.74 Å². The predicted octanol–water partition coefficient (Wildman–Crippen LogP) is 4.81. The molecule has 0 fully saturated rings. The van der Waals surface area contributed by atoms with E-state index in [0.29, 0.717) is 6.61 Å². The summed E-state index contributed by atoms with van der Waals surface area (Å²) in [5.74, 6) is 0.892. The van der Waals surface area contributed by atoms with Gasteiger partial charge in [-0.15, -0.1) is 0 Å². The van der Waals surface area contributed by atoms with Crippen molar-refractivity contribution in [3.8, 4) is 5.75 Å². The molecule has 0 spiro atoms. The zero-order valence-corrected chi connectivity index (χ0v) is 13.8. The Bertz CT molecular complexity index is 571. The fraction of sp³-hybridized carbons (Fsp3) is 0.250. The van der Waals surface area contributed by atoms with Crippen LogP contribution in [0.25, 0.3) is 0 Å². The fourth-order valence-electron chi connectivity index (χ4n) is 2.14. The highest BCUT2D eigenvalue weighted by Gasteiger charge is 2.13. The summed E-state index contributed by atoms with van der Waals surface area (Å²) in [4.78, 5) is 0. The molecule has 20 heavy (non-hydrogen) atoms. The maximum absolute atomic E-state index is 6.05. The second kappa shape index (κ2) is 7.11. The van der Waals surface area contributed by atoms with Gasteiger partial charge in [-0.05, 0) is 65.3 Å². The molecule has 0 aliphatic rings. The van der Waals surface area contributed by atoms with Gasteiger partial charge in [-0.3, -0.25) is 0 Å². The van der Waals surface area contributed by atoms with Crippen molar-refractivity contribution in [1.29, 1.82) is 0 Å². The van der Waals surface area contributed by atoms with Crippen molar-refractivity contribution in [2.75, 3.05) is 13.7 Å². The van der Waals surface area contributed by atoms with Crippen LogP contribution in [0.1, 0.15) is 24.1 Å². The average Bonchev–Trinajstić information content (AvgIpc) is 2.46. The third-order valence-electron chi connectivity index (χ3n) is 3.09. The van der Waals surface area contributed by atoms with E-state index >= 15 is 0 Å². The van der Waals surface area contributed by atoms with Crippen LogP contribution in [-0.2, 0) is 0 Å². The molecule has 2 rings (SSSR count). The fourth-order valence-corrected chi connectivity index (χ4v) is 2.65. The normalized spacial score (nSPS) is 12.2. The van der Waals surface area contributed by atoms with Crippen LogP contribution in [0, 0.1) is 0 Å². The van der Waals surface area contributed by atoms with Gasteiger partial charge in [-0.25, -0.2) is 0 Å². The van der Waals surface area contributed by atoms with Gasteiger partial charge in [0.25, 0.3) is 0 Å². The molecule has 0 saturated carbocycles. The molecule has 1 unspecified atom stereocenters. The molecule has 0 radical (unpaired) electrons. The van der Waals surface area contributed by atoms with Crippen molar-refractivity contribution in [3.05, 3.63) is 63.1 Å². The molecule has 0 bridgehead atoms. The molecule has 4 heteroatoms. The summed E-state index contributed by atoms with van der Waals surface area (Å²) in [6, 6.07) is 14.2. The number of ether oxygens (including phenoxy) is 1. The minimum atomic E-state index is 0.124. The number of hydrogen-bond acceptors (Lipinski definition) is 2. The topological polar surface area (TPSA) is 21.3 Å². The van der Waals surface area contributed by atoms with Crippen molar-refractivity contribution in [3.63, 3.8) is 0 Å². The highest BCUT2D eigenvalue weighted by Crippen LogP contribution is 2.29. The Morgan fingerprint density at radius 1 is 1.15 bits per heavy atom. The molecular weight excluding hydrogens is 338 g/mol. The Kier molecular flexibility index (Phi) is 5.46. The van der Waals surface area contributed by atoms with E-state index in [-0.39, 0.29) is 6.04 Å². The number of rotatable bonds is 5. The molecule has 106 valence electrons. The van der Waals surface area contributed by atoms with E-state index < -0.39 is 0 Å². The van der Waals surface area contributed by atoms with E-state index in [0.717, 1.165) is 20.8 Å². The molecule has 0 saturated heterocycles. The summed E-state index contributed by atoms with van der Waals surface area (Å²) in [5.41, 5.74) is 2.35. The Labute approximate surface area is 133 Å². The van der Waals surface area contributed by atoms with Crippen LogP contribution in [0.4, 0.5) is 0 Å². The van der Waals surface area contributed by atoms with E-state index in [1.165, 1.54) is 5.56 Å². The third-order valence-corrected chi connectivity index (χ3v) is 4.30. The first-order valence-electron chi connectivity index (χ1n) is 6.50. The number of nitrogens with one attached hydrogen (secondary N) is 1. The van der Waals surface area contributed by atoms with Gasteiger partial charge in [-0.1, -0.05) is 29.8 Å². The maximum Gasteiger partial charge on any atom is 0.119 e. The molecule has 0 heterocycles. The van der Waals surface area contributed by atoms with Crippen LogP contribution in [0.15, 0.2) is 46.9 Å². The first-order valence-corrected chi connectivity index (χ1v) is 7.67. The molecule has 0 aromatic heterocycles. The van der Waals surface area contributed by atoms with E-state index in [2.05, 4.69) is 33.4 Å². The minimum absolute atomic E-state index is 0.124. The number of hydrogen-bond donors (Lipinski definition) is 1. The quantitative estimate of drug-likeness (QED) is 0.832. The van der Waals surface area contributed by atoms with Gasteiger partial charge in [0.15, 0.2) is 0 Å². The van der Waals surface area contributed by atoms with Crippen molar-refractivity contribution >= 4 is 27.5 Å². The minimum Gasteiger partial charge on any atom is -0.494 e. The SMILES string of the molecule is CCOc1ccc(C(NC)c2ccc(Cl)c(Br)c2)cc1. The molecule has 2 aromatic carbocycles. The maximum atomic E-state index is 6.05. The lowest BCUT2D eigenvalue weighted by Gasteiger charge is -2.18. The first-order chi connectivity index (χ1) is 9.65. The lowest BCUT2D eigenvalue weighted by atomic mass is 9.99. The van der Waals surface area contributed by atoms with Crippen LogP contribution in [-0.4, -0.2) is 13.7 Å². The van der Waals surface area contributed by atoms with Crippen molar-refractivity contribution in [2.45, 2.75) is 13.0 Å². The Hall–Kier alpha value is -1.03. The summed E-state index contributed by atoms with van der Waals surface area (Å²) in [7, 11) is 1.95. The van der Waals surface area contributed by atoms with E-state index in [1.54, 1.807) is 0 Å². The molecule has 0 amide bonds. The van der Waals surface area contributed by atoms with Crippen molar-refractivity contribution in [2.24, 2.45) is 0 Å². The average molecular weight is 355 g/mol. The Morgan fingerprint density at radius 3 is 2.35 bits per heavy atom. The van der Waals surface area contributed by atoms with Gasteiger partial charge in [0.1, 0.15) is 5.75 Å². The van der Waals surface area contributed by atoms with E-state index in [4.69, 9.17) is 16.3 Å². The highest BCUT2D eigenvalue weighted by atomic mass is 79.9. The number of benzene rings is 2. The van der Waals surface area contributed by atoms with Crippen LogP contribution in [0.3, 0.4) is 0 Å². The van der Waals surface area contributed by atoms with Crippen LogP contribution >= 0.6 is 27.5 Å². The second-order valence-electron chi connectivity index (χ2n) is 4.40. The molecule has 0 aliphatic carbocycles. The lowest BCUT2D eigenvalue weighted by Crippen LogP contribution is -2.17. The smallest absolute Gasteiger partial charge is 0.119 e. The molecule has 2 aromatic rings. The Morgan fingerprint density at radius 2 is 1.80 bits per heavy atom. The van der Waals surface area contributed by atoms with Gasteiger partial charge in [0.2, 0.25) is 0 Å². The second-order valence-corrected chi connectivity index (χ2v) is 5.66. The van der Waals surface area contributed by atoms with Crippen LogP contribution in [0.5, 0.6) is 5.75 Å². The van der Waals surface area contributed by atoms with E-state index in [9.17, 15) is 0 Å². The molecule has 1 N–H and O–H groups in total. The first kappa shape index (κ1) is 15.4. The molecule has 2 nitrogen and oxygen atoms in total. The third kappa shape index (κ3) is 3.54. The molecule has 0 aliphatic heterocycles. The summed E-state index contributed by atoms with van der Waals surface area (Å²) in [5, 5.41) is 4.05. The van der Waals surface area contributed by atoms with Crippen LogP contribution < -0.4 is 10.1 Å². The van der Waals surface area contributed by atoms with Gasteiger partial charge in [-0.2, -0.15) is 0 Å². The summed E-state index contributed by atoms with van der Waals surface area (Å²) in [6.45, 7) is 2.66. The summed E-state index contributed by atoms with van der Waals surface area (Å²) in [6.07, 6.45) is 0. The van der Waals surface area contributed by atoms with E-state index in [1.807, 2.05) is 44.3 Å². The van der Waals surface area contributed by atoms with Gasteiger partial charge < -0.3 is 10.1 Å². The zero-order chi connectivity index (χ0) is 14.5. The lowest BCUT2D eigenvalue weighted by molar-refractivity contribution is 0.340.